The van der Waals surface area contributed by atoms with Crippen LogP contribution in [0.2, 0.25) is 5.02 Å². The van der Waals surface area contributed by atoms with Crippen molar-refractivity contribution in [3.05, 3.63) is 58.6 Å². The fraction of sp³-hybridized carbons (Fsp3) is 0.391. The van der Waals surface area contributed by atoms with Gasteiger partial charge < -0.3 is 19.5 Å². The van der Waals surface area contributed by atoms with Crippen molar-refractivity contribution in [2.45, 2.75) is 38.0 Å². The molecule has 0 bridgehead atoms. The van der Waals surface area contributed by atoms with Crippen LogP contribution in [-0.2, 0) is 4.74 Å². The summed E-state index contributed by atoms with van der Waals surface area (Å²) in [6.07, 6.45) is 1.62. The number of rotatable bonds is 2. The Labute approximate surface area is 185 Å². The third-order valence-electron chi connectivity index (χ3n) is 6.21. The maximum absolute atomic E-state index is 12.2. The molecule has 7 nitrogen and oxygen atoms in total. The Balaban J connectivity index is 1.50. The van der Waals surface area contributed by atoms with Crippen LogP contribution in [0.15, 0.2) is 47.6 Å². The predicted octanol–water partition coefficient (Wildman–Crippen LogP) is 4.54. The van der Waals surface area contributed by atoms with E-state index in [1.165, 1.54) is 0 Å². The Bertz CT molecular complexity index is 1050. The molecule has 5 rings (SSSR count). The van der Waals surface area contributed by atoms with Gasteiger partial charge >= 0.3 is 6.09 Å². The van der Waals surface area contributed by atoms with E-state index in [4.69, 9.17) is 26.2 Å². The maximum Gasteiger partial charge on any atom is 0.409 e. The number of phenolic OH excluding ortho intramolecular Hbond substituents is 1. The van der Waals surface area contributed by atoms with E-state index >= 15 is 0 Å². The zero-order valence-electron chi connectivity index (χ0n) is 17.3. The van der Waals surface area contributed by atoms with E-state index < -0.39 is 5.72 Å². The number of ether oxygens (including phenoxy) is 2. The third-order valence-corrected chi connectivity index (χ3v) is 6.44. The number of carbonyl (C=O) groups excluding carboxylic acids is 1. The number of nitrogens with zero attached hydrogens (tertiary/aromatic N) is 3. The lowest BCUT2D eigenvalue weighted by Crippen LogP contribution is -2.59. The average Bonchev–Trinajstić information content (AvgIpc) is 3.22. The van der Waals surface area contributed by atoms with Crippen molar-refractivity contribution in [1.82, 2.24) is 9.91 Å². The molecule has 0 saturated carbocycles. The van der Waals surface area contributed by atoms with Gasteiger partial charge in [-0.1, -0.05) is 23.7 Å². The molecule has 2 aromatic rings. The quantitative estimate of drug-likeness (QED) is 0.740. The summed E-state index contributed by atoms with van der Waals surface area (Å²) in [5, 5.41) is 17.6. The minimum atomic E-state index is -0.646. The zero-order valence-corrected chi connectivity index (χ0v) is 18.0. The number of amides is 1. The highest BCUT2D eigenvalue weighted by Crippen LogP contribution is 2.50. The van der Waals surface area contributed by atoms with Gasteiger partial charge in [0.2, 0.25) is 5.72 Å². The van der Waals surface area contributed by atoms with Crippen LogP contribution in [-0.4, -0.2) is 52.2 Å². The molecule has 1 N–H and O–H groups in total. The fourth-order valence-corrected chi connectivity index (χ4v) is 4.88. The predicted molar refractivity (Wildman–Crippen MR) is 116 cm³/mol. The Morgan fingerprint density at radius 1 is 1.29 bits per heavy atom. The zero-order chi connectivity index (χ0) is 21.6. The summed E-state index contributed by atoms with van der Waals surface area (Å²) in [5.41, 5.74) is 2.14. The Morgan fingerprint density at radius 3 is 2.84 bits per heavy atom. The molecule has 0 aromatic heterocycles. The van der Waals surface area contributed by atoms with Crippen molar-refractivity contribution in [3.63, 3.8) is 0 Å². The summed E-state index contributed by atoms with van der Waals surface area (Å²) in [6, 6.07) is 12.8. The molecule has 1 fully saturated rings. The first-order chi connectivity index (χ1) is 15.0. The SMILES string of the molecule is CCOC(=O)N1CCC2(CC1)Oc1ccc(Cl)cc1C1CC(c3cccc(O)c3)=NN12. The van der Waals surface area contributed by atoms with Crippen LogP contribution in [0.1, 0.15) is 43.4 Å². The average molecular weight is 442 g/mol. The Morgan fingerprint density at radius 2 is 2.10 bits per heavy atom. The molecule has 1 saturated heterocycles. The molecule has 3 heterocycles. The van der Waals surface area contributed by atoms with E-state index in [1.807, 2.05) is 42.3 Å². The van der Waals surface area contributed by atoms with Crippen LogP contribution in [0.3, 0.4) is 0 Å². The van der Waals surface area contributed by atoms with Crippen molar-refractivity contribution in [2.75, 3.05) is 19.7 Å². The number of hydrazone groups is 1. The van der Waals surface area contributed by atoms with E-state index in [1.54, 1.807) is 17.0 Å². The third kappa shape index (κ3) is 3.47. The van der Waals surface area contributed by atoms with E-state index in [-0.39, 0.29) is 17.9 Å². The number of halogens is 1. The van der Waals surface area contributed by atoms with Crippen molar-refractivity contribution >= 4 is 23.4 Å². The number of likely N-dealkylation sites (tertiary alicyclic amines) is 1. The molecule has 1 atom stereocenters. The molecule has 1 spiro atoms. The van der Waals surface area contributed by atoms with Crippen molar-refractivity contribution in [1.29, 1.82) is 0 Å². The topological polar surface area (TPSA) is 74.6 Å². The van der Waals surface area contributed by atoms with Gasteiger partial charge in [-0.25, -0.2) is 9.80 Å². The lowest BCUT2D eigenvalue weighted by molar-refractivity contribution is -0.147. The van der Waals surface area contributed by atoms with E-state index in [0.717, 1.165) is 22.6 Å². The summed E-state index contributed by atoms with van der Waals surface area (Å²) < 4.78 is 11.7. The number of fused-ring (bicyclic) bond motifs is 4. The molecule has 162 valence electrons. The summed E-state index contributed by atoms with van der Waals surface area (Å²) in [6.45, 7) is 3.23. The number of aromatic hydroxyl groups is 1. The first kappa shape index (κ1) is 20.0. The smallest absolute Gasteiger partial charge is 0.409 e. The number of phenols is 1. The van der Waals surface area contributed by atoms with Gasteiger partial charge in [0.25, 0.3) is 0 Å². The van der Waals surface area contributed by atoms with Crippen LogP contribution in [0.25, 0.3) is 0 Å². The van der Waals surface area contributed by atoms with Crippen LogP contribution in [0.5, 0.6) is 11.5 Å². The largest absolute Gasteiger partial charge is 0.508 e. The molecular weight excluding hydrogens is 418 g/mol. The molecule has 0 radical (unpaired) electrons. The second kappa shape index (κ2) is 7.64. The summed E-state index contributed by atoms with van der Waals surface area (Å²) in [7, 11) is 0. The molecule has 1 unspecified atom stereocenters. The normalized spacial score (nSPS) is 21.2. The molecule has 3 aliphatic rings. The molecule has 8 heteroatoms. The number of piperidine rings is 1. The van der Waals surface area contributed by atoms with Crippen molar-refractivity contribution in [2.24, 2.45) is 5.10 Å². The number of hydrogen-bond acceptors (Lipinski definition) is 6. The maximum atomic E-state index is 12.2. The van der Waals surface area contributed by atoms with E-state index in [0.29, 0.717) is 44.0 Å². The van der Waals surface area contributed by atoms with Gasteiger partial charge in [0.15, 0.2) is 0 Å². The minimum Gasteiger partial charge on any atom is -0.508 e. The standard InChI is InChI=1S/C23H24ClN3O4/c1-2-30-22(29)26-10-8-23(9-11-26)27-20(18-13-16(24)6-7-21(18)31-23)14-19(25-27)15-4-3-5-17(28)12-15/h3-7,12-13,20,28H,2,8-11,14H2,1H3. The molecule has 31 heavy (non-hydrogen) atoms. The van der Waals surface area contributed by atoms with E-state index in [9.17, 15) is 9.90 Å². The molecule has 3 aliphatic heterocycles. The van der Waals surface area contributed by atoms with Crippen molar-refractivity contribution < 1.29 is 19.4 Å². The van der Waals surface area contributed by atoms with Gasteiger partial charge in [-0.05, 0) is 37.3 Å². The first-order valence-corrected chi connectivity index (χ1v) is 10.9. The number of hydrogen-bond donors (Lipinski definition) is 1. The van der Waals surface area contributed by atoms with Gasteiger partial charge in [0, 0.05) is 48.5 Å². The summed E-state index contributed by atoms with van der Waals surface area (Å²) in [4.78, 5) is 13.9. The van der Waals surface area contributed by atoms with E-state index in [2.05, 4.69) is 0 Å². The molecular formula is C23H24ClN3O4. The lowest BCUT2D eigenvalue weighted by Gasteiger charge is -2.51. The monoisotopic (exact) mass is 441 g/mol. The fourth-order valence-electron chi connectivity index (χ4n) is 4.70. The van der Waals surface area contributed by atoms with Crippen LogP contribution in [0.4, 0.5) is 4.79 Å². The summed E-state index contributed by atoms with van der Waals surface area (Å²) >= 11 is 6.30. The highest BCUT2D eigenvalue weighted by molar-refractivity contribution is 6.30. The van der Waals surface area contributed by atoms with Gasteiger partial charge in [-0.2, -0.15) is 5.10 Å². The van der Waals surface area contributed by atoms with Gasteiger partial charge in [-0.15, -0.1) is 0 Å². The van der Waals surface area contributed by atoms with Crippen LogP contribution >= 0.6 is 11.6 Å². The van der Waals surface area contributed by atoms with Crippen molar-refractivity contribution in [3.8, 4) is 11.5 Å². The second-order valence-electron chi connectivity index (χ2n) is 8.08. The Hall–Kier alpha value is -2.93. The highest BCUT2D eigenvalue weighted by atomic mass is 35.5. The molecule has 0 aliphatic carbocycles. The first-order valence-electron chi connectivity index (χ1n) is 10.6. The van der Waals surface area contributed by atoms with Gasteiger partial charge in [-0.3, -0.25) is 0 Å². The molecule has 1 amide bonds. The Kier molecular flexibility index (Phi) is 4.93. The number of benzene rings is 2. The second-order valence-corrected chi connectivity index (χ2v) is 8.51. The van der Waals surface area contributed by atoms with Gasteiger partial charge in [0.1, 0.15) is 11.5 Å². The number of carbonyl (C=O) groups is 1. The summed E-state index contributed by atoms with van der Waals surface area (Å²) in [5.74, 6) is 1.02. The molecule has 2 aromatic carbocycles. The highest BCUT2D eigenvalue weighted by Gasteiger charge is 2.52. The van der Waals surface area contributed by atoms with Gasteiger partial charge in [0.05, 0.1) is 18.4 Å². The van der Waals surface area contributed by atoms with Crippen LogP contribution < -0.4 is 4.74 Å². The lowest BCUT2D eigenvalue weighted by atomic mass is 9.91. The van der Waals surface area contributed by atoms with Crippen LogP contribution in [0, 0.1) is 0 Å². The minimum absolute atomic E-state index is 0.0195.